The molecule has 2 fully saturated rings. The first-order valence-corrected chi connectivity index (χ1v) is 8.78. The van der Waals surface area contributed by atoms with Gasteiger partial charge >= 0.3 is 11.9 Å². The Morgan fingerprint density at radius 1 is 1.22 bits per heavy atom. The van der Waals surface area contributed by atoms with E-state index in [4.69, 9.17) is 9.47 Å². The van der Waals surface area contributed by atoms with Gasteiger partial charge < -0.3 is 14.2 Å². The Labute approximate surface area is 139 Å². The van der Waals surface area contributed by atoms with Gasteiger partial charge in [0.2, 0.25) is 0 Å². The molecule has 0 spiro atoms. The van der Waals surface area contributed by atoms with Gasteiger partial charge in [-0.3, -0.25) is 0 Å². The van der Waals surface area contributed by atoms with Crippen LogP contribution >= 0.6 is 0 Å². The molecule has 0 aromatic carbocycles. The Hall–Kier alpha value is -1.36. The molecule has 2 heterocycles. The second-order valence-corrected chi connectivity index (χ2v) is 5.98. The van der Waals surface area contributed by atoms with Gasteiger partial charge in [0, 0.05) is 6.08 Å². The molecule has 0 bridgehead atoms. The van der Waals surface area contributed by atoms with Crippen LogP contribution in [-0.2, 0) is 23.8 Å². The molecule has 2 unspecified atom stereocenters. The molecule has 0 aliphatic carbocycles. The van der Waals surface area contributed by atoms with E-state index in [2.05, 4.69) is 18.2 Å². The van der Waals surface area contributed by atoms with E-state index in [9.17, 15) is 9.59 Å². The van der Waals surface area contributed by atoms with Crippen molar-refractivity contribution in [2.75, 3.05) is 13.2 Å². The van der Waals surface area contributed by atoms with Crippen molar-refractivity contribution in [3.8, 4) is 0 Å². The minimum atomic E-state index is -0.384. The molecule has 0 radical (unpaired) electrons. The van der Waals surface area contributed by atoms with Gasteiger partial charge in [-0.2, -0.15) is 0 Å². The summed E-state index contributed by atoms with van der Waals surface area (Å²) in [4.78, 5) is 20.9. The second-order valence-electron chi connectivity index (χ2n) is 5.98. The number of unbranched alkanes of at least 4 members (excludes halogenated alkanes) is 7. The van der Waals surface area contributed by atoms with Crippen LogP contribution in [0.1, 0.15) is 64.7 Å². The summed E-state index contributed by atoms with van der Waals surface area (Å²) in [6.45, 7) is 6.56. The molecule has 2 rings (SSSR count). The highest BCUT2D eigenvalue weighted by Gasteiger charge is 2.36. The standard InChI is InChI=1S/C12H22O2.C6H8O3/c1-2-3-4-5-6-7-8-9-10-11-12(13)14-11;1-2-6(7)9-4-5-3-8-5/h11H,2-10H2,1H3;2,5H,1,3-4H2. The van der Waals surface area contributed by atoms with Crippen LogP contribution in [-0.4, -0.2) is 37.4 Å². The van der Waals surface area contributed by atoms with E-state index in [0.29, 0.717) is 13.2 Å². The number of cyclic esters (lactones) is 1. The van der Waals surface area contributed by atoms with Crippen LogP contribution in [0.25, 0.3) is 0 Å². The number of rotatable bonds is 12. The van der Waals surface area contributed by atoms with Crippen LogP contribution in [0.4, 0.5) is 0 Å². The maximum Gasteiger partial charge on any atom is 0.348 e. The molecule has 0 amide bonds. The first-order valence-electron chi connectivity index (χ1n) is 8.78. The maximum atomic E-state index is 10.5. The molecule has 5 heteroatoms. The van der Waals surface area contributed by atoms with Gasteiger partial charge in [-0.15, -0.1) is 0 Å². The van der Waals surface area contributed by atoms with Crippen molar-refractivity contribution in [2.45, 2.75) is 76.9 Å². The van der Waals surface area contributed by atoms with Gasteiger partial charge in [0.15, 0.2) is 6.10 Å². The Morgan fingerprint density at radius 3 is 2.26 bits per heavy atom. The van der Waals surface area contributed by atoms with Gasteiger partial charge in [0.25, 0.3) is 0 Å². The largest absolute Gasteiger partial charge is 0.460 e. The van der Waals surface area contributed by atoms with Crippen LogP contribution in [0.2, 0.25) is 0 Å². The monoisotopic (exact) mass is 326 g/mol. The number of ether oxygens (including phenoxy) is 3. The predicted octanol–water partition coefficient (Wildman–Crippen LogP) is 3.56. The Bertz CT molecular complexity index is 362. The van der Waals surface area contributed by atoms with Gasteiger partial charge in [-0.25, -0.2) is 9.59 Å². The van der Waals surface area contributed by atoms with Gasteiger partial charge in [-0.05, 0) is 12.8 Å². The normalized spacial score (nSPS) is 20.8. The minimum Gasteiger partial charge on any atom is -0.460 e. The SMILES string of the molecule is C=CC(=O)OCC1CO1.CCCCCCCCCCC1OC1=O. The molecular formula is C18H30O5. The summed E-state index contributed by atoms with van der Waals surface area (Å²) in [5, 5.41) is 0. The summed E-state index contributed by atoms with van der Waals surface area (Å²) >= 11 is 0. The number of hydrogen-bond donors (Lipinski definition) is 0. The fraction of sp³-hybridized carbons (Fsp3) is 0.778. The van der Waals surface area contributed by atoms with Crippen LogP contribution in [0.15, 0.2) is 12.7 Å². The molecule has 5 nitrogen and oxygen atoms in total. The lowest BCUT2D eigenvalue weighted by Crippen LogP contribution is -2.06. The fourth-order valence-corrected chi connectivity index (χ4v) is 2.14. The average Bonchev–Trinajstić information content (AvgIpc) is 3.47. The number of hydrogen-bond acceptors (Lipinski definition) is 5. The topological polar surface area (TPSA) is 68.4 Å². The van der Waals surface area contributed by atoms with E-state index in [1.165, 1.54) is 44.9 Å². The molecular weight excluding hydrogens is 296 g/mol. The van der Waals surface area contributed by atoms with Crippen molar-refractivity contribution in [2.24, 2.45) is 0 Å². The van der Waals surface area contributed by atoms with E-state index < -0.39 is 0 Å². The quantitative estimate of drug-likeness (QED) is 0.237. The Kier molecular flexibility index (Phi) is 10.4. The van der Waals surface area contributed by atoms with Crippen molar-refractivity contribution >= 4 is 11.9 Å². The summed E-state index contributed by atoms with van der Waals surface area (Å²) in [7, 11) is 0. The van der Waals surface area contributed by atoms with E-state index in [-0.39, 0.29) is 24.1 Å². The smallest absolute Gasteiger partial charge is 0.348 e. The predicted molar refractivity (Wildman–Crippen MR) is 88.0 cm³/mol. The average molecular weight is 326 g/mol. The molecule has 2 atom stereocenters. The first kappa shape index (κ1) is 19.7. The van der Waals surface area contributed by atoms with Crippen molar-refractivity contribution in [3.63, 3.8) is 0 Å². The molecule has 2 aliphatic rings. The highest BCUT2D eigenvalue weighted by Crippen LogP contribution is 2.20. The molecule has 23 heavy (non-hydrogen) atoms. The number of esters is 1. The van der Waals surface area contributed by atoms with Gasteiger partial charge in [0.05, 0.1) is 6.61 Å². The summed E-state index contributed by atoms with van der Waals surface area (Å²) in [6.07, 6.45) is 12.8. The molecule has 132 valence electrons. The lowest BCUT2D eigenvalue weighted by Gasteiger charge is -1.99. The number of carbonyl (C=O) groups is 2. The van der Waals surface area contributed by atoms with E-state index in [1.807, 2.05) is 0 Å². The lowest BCUT2D eigenvalue weighted by atomic mass is 10.1. The van der Waals surface area contributed by atoms with Gasteiger partial charge in [0.1, 0.15) is 12.7 Å². The summed E-state index contributed by atoms with van der Waals surface area (Å²) in [6, 6.07) is 0. The van der Waals surface area contributed by atoms with Crippen molar-refractivity contribution < 1.29 is 23.8 Å². The molecule has 0 saturated carbocycles. The fourth-order valence-electron chi connectivity index (χ4n) is 2.14. The zero-order valence-electron chi connectivity index (χ0n) is 14.3. The van der Waals surface area contributed by atoms with Crippen LogP contribution < -0.4 is 0 Å². The summed E-state index contributed by atoms with van der Waals surface area (Å²) in [5.41, 5.74) is 0. The molecule has 0 N–H and O–H groups in total. The number of epoxide rings is 2. The first-order chi connectivity index (χ1) is 11.2. The van der Waals surface area contributed by atoms with E-state index in [0.717, 1.165) is 18.9 Å². The number of carbonyl (C=O) groups excluding carboxylic acids is 2. The van der Waals surface area contributed by atoms with E-state index in [1.54, 1.807) is 0 Å². The van der Waals surface area contributed by atoms with E-state index >= 15 is 0 Å². The minimum absolute atomic E-state index is 0.00736. The molecule has 2 saturated heterocycles. The second kappa shape index (κ2) is 12.1. The molecule has 2 aliphatic heterocycles. The Balaban J connectivity index is 0.000000253. The maximum absolute atomic E-state index is 10.5. The zero-order chi connectivity index (χ0) is 16.9. The third-order valence-corrected chi connectivity index (χ3v) is 3.76. The highest BCUT2D eigenvalue weighted by molar-refractivity contribution is 5.87. The van der Waals surface area contributed by atoms with Crippen molar-refractivity contribution in [3.05, 3.63) is 12.7 Å². The third-order valence-electron chi connectivity index (χ3n) is 3.76. The molecule has 0 aromatic heterocycles. The Morgan fingerprint density at radius 2 is 1.78 bits per heavy atom. The zero-order valence-corrected chi connectivity index (χ0v) is 14.3. The van der Waals surface area contributed by atoms with Crippen LogP contribution in [0, 0.1) is 0 Å². The lowest BCUT2D eigenvalue weighted by molar-refractivity contribution is -0.138. The van der Waals surface area contributed by atoms with Crippen LogP contribution in [0.3, 0.4) is 0 Å². The third kappa shape index (κ3) is 11.8. The van der Waals surface area contributed by atoms with Crippen molar-refractivity contribution in [1.82, 2.24) is 0 Å². The summed E-state index contributed by atoms with van der Waals surface area (Å²) in [5.74, 6) is -0.376. The van der Waals surface area contributed by atoms with Crippen LogP contribution in [0.5, 0.6) is 0 Å². The molecule has 0 aromatic rings. The van der Waals surface area contributed by atoms with Gasteiger partial charge in [-0.1, -0.05) is 58.4 Å². The van der Waals surface area contributed by atoms with Crippen molar-refractivity contribution in [1.29, 1.82) is 0 Å². The summed E-state index contributed by atoms with van der Waals surface area (Å²) < 4.78 is 14.2. The highest BCUT2D eigenvalue weighted by atomic mass is 16.6.